The van der Waals surface area contributed by atoms with Crippen molar-refractivity contribution in [1.82, 2.24) is 0 Å². The van der Waals surface area contributed by atoms with Crippen LogP contribution in [0.5, 0.6) is 5.75 Å². The molecule has 92 valence electrons. The lowest BCUT2D eigenvalue weighted by molar-refractivity contribution is 0.250. The Hall–Kier alpha value is -1.18. The van der Waals surface area contributed by atoms with Crippen molar-refractivity contribution in [3.63, 3.8) is 0 Å². The van der Waals surface area contributed by atoms with Gasteiger partial charge in [-0.3, -0.25) is 0 Å². The van der Waals surface area contributed by atoms with Gasteiger partial charge in [-0.1, -0.05) is 13.0 Å². The minimum Gasteiger partial charge on any atom is -0.496 e. The summed E-state index contributed by atoms with van der Waals surface area (Å²) in [5, 5.41) is 17.7. The summed E-state index contributed by atoms with van der Waals surface area (Å²) in [5.41, 5.74) is 1.70. The Morgan fingerprint density at radius 3 is 2.88 bits per heavy atom. The zero-order chi connectivity index (χ0) is 12.7. The fraction of sp³-hybridized carbons (Fsp3) is 0.462. The van der Waals surface area contributed by atoms with Crippen LogP contribution in [0.2, 0.25) is 0 Å². The van der Waals surface area contributed by atoms with Crippen molar-refractivity contribution >= 4 is 11.8 Å². The highest BCUT2D eigenvalue weighted by molar-refractivity contribution is 7.98. The molecule has 0 amide bonds. The first kappa shape index (κ1) is 13.9. The number of benzene rings is 1. The highest BCUT2D eigenvalue weighted by atomic mass is 32.2. The van der Waals surface area contributed by atoms with Crippen molar-refractivity contribution in [3.05, 3.63) is 29.3 Å². The second-order valence-electron chi connectivity index (χ2n) is 3.94. The van der Waals surface area contributed by atoms with Crippen LogP contribution in [0.4, 0.5) is 0 Å². The Bertz CT molecular complexity index is 401. The molecule has 3 nitrogen and oxygen atoms in total. The van der Waals surface area contributed by atoms with E-state index in [1.54, 1.807) is 31.0 Å². The second kappa shape index (κ2) is 7.21. The summed E-state index contributed by atoms with van der Waals surface area (Å²) in [7, 11) is 1.61. The molecule has 1 atom stereocenters. The molecule has 0 heterocycles. The Morgan fingerprint density at radius 1 is 1.53 bits per heavy atom. The number of hydrogen-bond donors (Lipinski definition) is 1. The molecule has 1 rings (SSSR count). The highest BCUT2D eigenvalue weighted by Crippen LogP contribution is 2.25. The van der Waals surface area contributed by atoms with Crippen molar-refractivity contribution in [3.8, 4) is 11.8 Å². The van der Waals surface area contributed by atoms with E-state index in [-0.39, 0.29) is 6.61 Å². The normalized spacial score (nSPS) is 11.9. The van der Waals surface area contributed by atoms with Gasteiger partial charge in [-0.15, -0.1) is 0 Å². The fourth-order valence-electron chi connectivity index (χ4n) is 1.36. The van der Waals surface area contributed by atoms with Crippen LogP contribution in [0.15, 0.2) is 18.2 Å². The minimum absolute atomic E-state index is 0.220. The molecule has 0 saturated carbocycles. The molecule has 1 N–H and O–H groups in total. The molecule has 0 radical (unpaired) electrons. The number of aliphatic hydroxyl groups excluding tert-OH is 1. The number of methoxy groups -OCH3 is 1. The third-order valence-corrected chi connectivity index (χ3v) is 3.71. The van der Waals surface area contributed by atoms with E-state index in [9.17, 15) is 0 Å². The largest absolute Gasteiger partial charge is 0.496 e. The molecule has 1 aromatic rings. The molecule has 1 unspecified atom stereocenters. The molecular weight excluding hydrogens is 234 g/mol. The average Bonchev–Trinajstić information content (AvgIpc) is 2.38. The lowest BCUT2D eigenvalue weighted by Gasteiger charge is -2.10. The topological polar surface area (TPSA) is 53.2 Å². The maximum absolute atomic E-state index is 8.93. The Kier molecular flexibility index (Phi) is 5.88. The van der Waals surface area contributed by atoms with E-state index in [1.807, 2.05) is 13.0 Å². The van der Waals surface area contributed by atoms with Crippen LogP contribution in [0.1, 0.15) is 18.1 Å². The van der Waals surface area contributed by atoms with Crippen molar-refractivity contribution in [2.24, 2.45) is 5.92 Å². The first-order valence-corrected chi connectivity index (χ1v) is 6.62. The van der Waals surface area contributed by atoms with E-state index < -0.39 is 0 Å². The summed E-state index contributed by atoms with van der Waals surface area (Å²) in [4.78, 5) is 0. The van der Waals surface area contributed by atoms with Gasteiger partial charge in [0.25, 0.3) is 0 Å². The maximum Gasteiger partial charge on any atom is 0.124 e. The fourth-order valence-corrected chi connectivity index (χ4v) is 2.44. The lowest BCUT2D eigenvalue weighted by Crippen LogP contribution is -2.03. The third-order valence-electron chi connectivity index (χ3n) is 2.39. The molecule has 1 aromatic carbocycles. The van der Waals surface area contributed by atoms with Crippen LogP contribution in [0.25, 0.3) is 0 Å². The van der Waals surface area contributed by atoms with Crippen molar-refractivity contribution in [2.45, 2.75) is 12.7 Å². The molecule has 0 bridgehead atoms. The van der Waals surface area contributed by atoms with E-state index >= 15 is 0 Å². The van der Waals surface area contributed by atoms with Crippen LogP contribution in [0.3, 0.4) is 0 Å². The van der Waals surface area contributed by atoms with Crippen LogP contribution in [-0.4, -0.2) is 24.6 Å². The number of nitrogens with zero attached hydrogens (tertiary/aromatic N) is 1. The molecule has 4 heteroatoms. The standard InChI is InChI=1S/C13H17NO2S/c1-10(7-15)8-17-9-12-4-3-11(6-14)5-13(12)16-2/h3-5,10,15H,7-9H2,1-2H3. The number of hydrogen-bond acceptors (Lipinski definition) is 4. The summed E-state index contributed by atoms with van der Waals surface area (Å²) in [5.74, 6) is 2.82. The van der Waals surface area contributed by atoms with Crippen molar-refractivity contribution < 1.29 is 9.84 Å². The average molecular weight is 251 g/mol. The number of rotatable bonds is 6. The predicted octanol–water partition coefficient (Wildman–Crippen LogP) is 2.43. The lowest BCUT2D eigenvalue weighted by atomic mass is 10.1. The number of nitriles is 1. The van der Waals surface area contributed by atoms with Crippen LogP contribution >= 0.6 is 11.8 Å². The van der Waals surface area contributed by atoms with E-state index in [1.165, 1.54) is 0 Å². The highest BCUT2D eigenvalue weighted by Gasteiger charge is 2.06. The Balaban J connectivity index is 2.62. The summed E-state index contributed by atoms with van der Waals surface area (Å²) in [6.07, 6.45) is 0. The van der Waals surface area contributed by atoms with Crippen LogP contribution < -0.4 is 4.74 Å². The molecule has 0 aromatic heterocycles. The summed E-state index contributed by atoms with van der Waals surface area (Å²) in [6.45, 7) is 2.24. The molecule has 0 aliphatic heterocycles. The quantitative estimate of drug-likeness (QED) is 0.843. The molecule has 0 saturated heterocycles. The number of aliphatic hydroxyl groups is 1. The molecule has 0 fully saturated rings. The van der Waals surface area contributed by atoms with Gasteiger partial charge >= 0.3 is 0 Å². The summed E-state index contributed by atoms with van der Waals surface area (Å²) >= 11 is 1.76. The van der Waals surface area contributed by atoms with E-state index in [4.69, 9.17) is 15.1 Å². The zero-order valence-electron chi connectivity index (χ0n) is 10.1. The maximum atomic E-state index is 8.93. The van der Waals surface area contributed by atoms with Gasteiger partial charge in [0, 0.05) is 17.9 Å². The van der Waals surface area contributed by atoms with Crippen molar-refractivity contribution in [1.29, 1.82) is 5.26 Å². The van der Waals surface area contributed by atoms with Crippen LogP contribution in [0, 0.1) is 17.2 Å². The SMILES string of the molecule is COc1cc(C#N)ccc1CSCC(C)CO. The zero-order valence-corrected chi connectivity index (χ0v) is 11.0. The van der Waals surface area contributed by atoms with Gasteiger partial charge in [0.15, 0.2) is 0 Å². The monoisotopic (exact) mass is 251 g/mol. The van der Waals surface area contributed by atoms with E-state index in [0.717, 1.165) is 22.8 Å². The first-order chi connectivity index (χ1) is 8.21. The van der Waals surface area contributed by atoms with Gasteiger partial charge in [-0.25, -0.2) is 0 Å². The first-order valence-electron chi connectivity index (χ1n) is 5.46. The van der Waals surface area contributed by atoms with Crippen LogP contribution in [-0.2, 0) is 5.75 Å². The Labute approximate surface area is 106 Å². The summed E-state index contributed by atoms with van der Waals surface area (Å²) < 4.78 is 5.26. The minimum atomic E-state index is 0.220. The smallest absolute Gasteiger partial charge is 0.124 e. The number of ether oxygens (including phenoxy) is 1. The van der Waals surface area contributed by atoms with E-state index in [2.05, 4.69) is 6.07 Å². The molecule has 0 spiro atoms. The second-order valence-corrected chi connectivity index (χ2v) is 4.97. The van der Waals surface area contributed by atoms with Crippen molar-refractivity contribution in [2.75, 3.05) is 19.5 Å². The van der Waals surface area contributed by atoms with Gasteiger partial charge in [-0.05, 0) is 23.8 Å². The third kappa shape index (κ3) is 4.29. The summed E-state index contributed by atoms with van der Waals surface area (Å²) in [6, 6.07) is 7.57. The van der Waals surface area contributed by atoms with Gasteiger partial charge in [0.1, 0.15) is 5.75 Å². The van der Waals surface area contributed by atoms with Gasteiger partial charge in [-0.2, -0.15) is 17.0 Å². The predicted molar refractivity (Wildman–Crippen MR) is 70.1 cm³/mol. The van der Waals surface area contributed by atoms with E-state index in [0.29, 0.717) is 11.5 Å². The molecule has 0 aliphatic carbocycles. The molecule has 0 aliphatic rings. The molecule has 17 heavy (non-hydrogen) atoms. The van der Waals surface area contributed by atoms with Gasteiger partial charge < -0.3 is 9.84 Å². The van der Waals surface area contributed by atoms with Gasteiger partial charge in [0.05, 0.1) is 18.7 Å². The Morgan fingerprint density at radius 2 is 2.29 bits per heavy atom. The molecular formula is C13H17NO2S. The van der Waals surface area contributed by atoms with Gasteiger partial charge in [0.2, 0.25) is 0 Å². The number of thioether (sulfide) groups is 1.